The van der Waals surface area contributed by atoms with Gasteiger partial charge in [0.1, 0.15) is 4.90 Å². The molecule has 1 aromatic rings. The van der Waals surface area contributed by atoms with Crippen molar-refractivity contribution in [3.05, 3.63) is 40.4 Å². The molecule has 0 aliphatic heterocycles. The van der Waals surface area contributed by atoms with Gasteiger partial charge in [0.15, 0.2) is 0 Å². The molecule has 94 valence electrons. The first-order valence-corrected chi connectivity index (χ1v) is 7.01. The highest BCUT2D eigenvalue weighted by molar-refractivity contribution is 7.89. The standard InChI is InChI=1S/C10H12Cl2N2O2S/c11-8-4-3-5-9(10(8)12)17(15,16)14-7-2-1-6-13/h1-5,14H,6-7,13H2/b2-1+. The first kappa shape index (κ1) is 14.5. The lowest BCUT2D eigenvalue weighted by atomic mass is 10.4. The third-order valence-corrected chi connectivity index (χ3v) is 4.30. The molecular formula is C10H12Cl2N2O2S. The Hall–Kier alpha value is -0.590. The van der Waals surface area contributed by atoms with Crippen molar-refractivity contribution < 1.29 is 8.42 Å². The van der Waals surface area contributed by atoms with E-state index in [1.165, 1.54) is 18.2 Å². The minimum absolute atomic E-state index is 0.0180. The van der Waals surface area contributed by atoms with Gasteiger partial charge in [0.2, 0.25) is 10.0 Å². The van der Waals surface area contributed by atoms with Gasteiger partial charge in [0, 0.05) is 13.1 Å². The summed E-state index contributed by atoms with van der Waals surface area (Å²) >= 11 is 11.6. The number of halogens is 2. The molecule has 0 spiro atoms. The lowest BCUT2D eigenvalue weighted by Gasteiger charge is -2.07. The number of nitrogens with two attached hydrogens (primary N) is 1. The fraction of sp³-hybridized carbons (Fsp3) is 0.200. The van der Waals surface area contributed by atoms with Gasteiger partial charge in [-0.3, -0.25) is 0 Å². The normalized spacial score (nSPS) is 12.2. The average Bonchev–Trinajstić information content (AvgIpc) is 2.28. The van der Waals surface area contributed by atoms with Crippen molar-refractivity contribution in [3.8, 4) is 0 Å². The summed E-state index contributed by atoms with van der Waals surface area (Å²) in [4.78, 5) is -0.0344. The van der Waals surface area contributed by atoms with Crippen molar-refractivity contribution in [2.24, 2.45) is 5.73 Å². The van der Waals surface area contributed by atoms with Gasteiger partial charge in [-0.05, 0) is 12.1 Å². The van der Waals surface area contributed by atoms with Crippen LogP contribution in [0.15, 0.2) is 35.2 Å². The summed E-state index contributed by atoms with van der Waals surface area (Å²) in [5.74, 6) is 0. The molecule has 4 nitrogen and oxygen atoms in total. The van der Waals surface area contributed by atoms with Crippen LogP contribution in [0.3, 0.4) is 0 Å². The molecule has 0 aromatic heterocycles. The molecular weight excluding hydrogens is 283 g/mol. The van der Waals surface area contributed by atoms with Crippen LogP contribution in [0.2, 0.25) is 10.0 Å². The molecule has 0 heterocycles. The summed E-state index contributed by atoms with van der Waals surface area (Å²) in [6.07, 6.45) is 3.28. The van der Waals surface area contributed by atoms with Crippen LogP contribution in [-0.2, 0) is 10.0 Å². The number of sulfonamides is 1. The molecule has 1 aromatic carbocycles. The van der Waals surface area contributed by atoms with Gasteiger partial charge in [-0.25, -0.2) is 13.1 Å². The second kappa shape index (κ2) is 6.37. The Morgan fingerprint density at radius 2 is 2.00 bits per heavy atom. The van der Waals surface area contributed by atoms with Crippen LogP contribution in [-0.4, -0.2) is 21.5 Å². The van der Waals surface area contributed by atoms with Crippen LogP contribution in [0.4, 0.5) is 0 Å². The first-order valence-electron chi connectivity index (χ1n) is 4.78. The minimum Gasteiger partial charge on any atom is -0.327 e. The average molecular weight is 295 g/mol. The second-order valence-corrected chi connectivity index (χ2v) is 5.63. The zero-order valence-electron chi connectivity index (χ0n) is 8.86. The molecule has 0 amide bonds. The smallest absolute Gasteiger partial charge is 0.242 e. The van der Waals surface area contributed by atoms with Gasteiger partial charge in [0.05, 0.1) is 10.0 Å². The molecule has 0 unspecified atom stereocenters. The Labute approximate surface area is 110 Å². The third-order valence-electron chi connectivity index (χ3n) is 1.90. The topological polar surface area (TPSA) is 72.2 Å². The van der Waals surface area contributed by atoms with E-state index in [2.05, 4.69) is 4.72 Å². The van der Waals surface area contributed by atoms with E-state index in [1.807, 2.05) is 0 Å². The van der Waals surface area contributed by atoms with Crippen LogP contribution in [0.5, 0.6) is 0 Å². The van der Waals surface area contributed by atoms with Crippen LogP contribution < -0.4 is 10.5 Å². The number of hydrogen-bond acceptors (Lipinski definition) is 3. The van der Waals surface area contributed by atoms with Crippen molar-refractivity contribution in [1.82, 2.24) is 4.72 Å². The zero-order chi connectivity index (χ0) is 12.9. The Kier molecular flexibility index (Phi) is 5.42. The van der Waals surface area contributed by atoms with E-state index in [0.29, 0.717) is 6.54 Å². The van der Waals surface area contributed by atoms with E-state index < -0.39 is 10.0 Å². The Morgan fingerprint density at radius 3 is 2.65 bits per heavy atom. The largest absolute Gasteiger partial charge is 0.327 e. The quantitative estimate of drug-likeness (QED) is 0.813. The molecule has 0 saturated heterocycles. The molecule has 0 fully saturated rings. The number of nitrogens with one attached hydrogen (secondary N) is 1. The van der Waals surface area contributed by atoms with E-state index in [4.69, 9.17) is 28.9 Å². The van der Waals surface area contributed by atoms with E-state index in [-0.39, 0.29) is 21.5 Å². The van der Waals surface area contributed by atoms with E-state index in [1.54, 1.807) is 12.2 Å². The maximum absolute atomic E-state index is 11.8. The van der Waals surface area contributed by atoms with Crippen molar-refractivity contribution in [2.75, 3.05) is 13.1 Å². The number of hydrogen-bond donors (Lipinski definition) is 2. The molecule has 0 saturated carbocycles. The molecule has 0 atom stereocenters. The van der Waals surface area contributed by atoms with E-state index >= 15 is 0 Å². The van der Waals surface area contributed by atoms with Gasteiger partial charge in [0.25, 0.3) is 0 Å². The Bertz CT molecular complexity index is 515. The highest BCUT2D eigenvalue weighted by Crippen LogP contribution is 2.28. The monoisotopic (exact) mass is 294 g/mol. The van der Waals surface area contributed by atoms with Crippen molar-refractivity contribution >= 4 is 33.2 Å². The lowest BCUT2D eigenvalue weighted by molar-refractivity contribution is 0.585. The van der Waals surface area contributed by atoms with Gasteiger partial charge >= 0.3 is 0 Å². The van der Waals surface area contributed by atoms with E-state index in [9.17, 15) is 8.42 Å². The maximum atomic E-state index is 11.8. The SMILES string of the molecule is NC/C=C/CNS(=O)(=O)c1cccc(Cl)c1Cl. The Balaban J connectivity index is 2.90. The predicted molar refractivity (Wildman–Crippen MR) is 69.8 cm³/mol. The van der Waals surface area contributed by atoms with Crippen molar-refractivity contribution in [3.63, 3.8) is 0 Å². The molecule has 7 heteroatoms. The fourth-order valence-corrected chi connectivity index (χ4v) is 2.84. The second-order valence-electron chi connectivity index (χ2n) is 3.11. The molecule has 0 aliphatic rings. The highest BCUT2D eigenvalue weighted by Gasteiger charge is 2.18. The molecule has 1 rings (SSSR count). The number of benzene rings is 1. The molecule has 0 bridgehead atoms. The van der Waals surface area contributed by atoms with Gasteiger partial charge < -0.3 is 5.73 Å². The summed E-state index contributed by atoms with van der Waals surface area (Å²) in [5.41, 5.74) is 5.23. The van der Waals surface area contributed by atoms with Crippen LogP contribution in [0, 0.1) is 0 Å². The maximum Gasteiger partial charge on any atom is 0.242 e. The summed E-state index contributed by atoms with van der Waals surface area (Å²) in [7, 11) is -3.65. The summed E-state index contributed by atoms with van der Waals surface area (Å²) in [6.45, 7) is 0.516. The zero-order valence-corrected chi connectivity index (χ0v) is 11.2. The molecule has 0 radical (unpaired) electrons. The van der Waals surface area contributed by atoms with Crippen molar-refractivity contribution in [2.45, 2.75) is 4.90 Å². The molecule has 0 aliphatic carbocycles. The molecule has 3 N–H and O–H groups in total. The summed E-state index contributed by atoms with van der Waals surface area (Å²) < 4.78 is 26.1. The van der Waals surface area contributed by atoms with Crippen LogP contribution in [0.25, 0.3) is 0 Å². The van der Waals surface area contributed by atoms with Crippen LogP contribution >= 0.6 is 23.2 Å². The summed E-state index contributed by atoms with van der Waals surface area (Å²) in [6, 6.07) is 4.44. The van der Waals surface area contributed by atoms with Crippen LogP contribution in [0.1, 0.15) is 0 Å². The molecule has 17 heavy (non-hydrogen) atoms. The summed E-state index contributed by atoms with van der Waals surface area (Å²) in [5, 5.41) is 0.219. The van der Waals surface area contributed by atoms with Gasteiger partial charge in [-0.15, -0.1) is 0 Å². The Morgan fingerprint density at radius 1 is 1.29 bits per heavy atom. The highest BCUT2D eigenvalue weighted by atomic mass is 35.5. The van der Waals surface area contributed by atoms with Gasteiger partial charge in [-0.2, -0.15) is 0 Å². The fourth-order valence-electron chi connectivity index (χ4n) is 1.11. The van der Waals surface area contributed by atoms with Crippen molar-refractivity contribution in [1.29, 1.82) is 0 Å². The lowest BCUT2D eigenvalue weighted by Crippen LogP contribution is -2.24. The van der Waals surface area contributed by atoms with E-state index in [0.717, 1.165) is 0 Å². The predicted octanol–water partition coefficient (Wildman–Crippen LogP) is 1.79. The van der Waals surface area contributed by atoms with Gasteiger partial charge in [-0.1, -0.05) is 41.4 Å². The minimum atomic E-state index is -3.65. The first-order chi connectivity index (χ1) is 7.99. The number of rotatable bonds is 5. The third kappa shape index (κ3) is 3.97.